The maximum atomic E-state index is 12.2. The van der Waals surface area contributed by atoms with E-state index in [0.717, 1.165) is 0 Å². The van der Waals surface area contributed by atoms with E-state index in [1.807, 2.05) is 13.8 Å². The maximum absolute atomic E-state index is 12.2. The van der Waals surface area contributed by atoms with E-state index in [1.165, 1.54) is 18.2 Å². The number of carboxylic acid groups (broad SMARTS) is 1. The summed E-state index contributed by atoms with van der Waals surface area (Å²) in [6, 6.07) is 3.72. The molecule has 0 heterocycles. The number of benzene rings is 1. The standard InChI is InChI=1S/C12H16BrNO4S/c1-3-9(4-2)14-19(17,18)11-6-5-8(12(15)16)7-10(11)13/h5-7,9,14H,3-4H2,1-2H3,(H,15,16). The van der Waals surface area contributed by atoms with Crippen molar-refractivity contribution in [1.29, 1.82) is 0 Å². The number of nitrogens with one attached hydrogen (secondary N) is 1. The van der Waals surface area contributed by atoms with Crippen LogP contribution in [0.4, 0.5) is 0 Å². The van der Waals surface area contributed by atoms with Crippen molar-refractivity contribution in [2.24, 2.45) is 0 Å². The highest BCUT2D eigenvalue weighted by atomic mass is 79.9. The second kappa shape index (κ2) is 6.49. The third-order valence-corrected chi connectivity index (χ3v) is 5.27. The Kier molecular flexibility index (Phi) is 5.51. The quantitative estimate of drug-likeness (QED) is 0.826. The average molecular weight is 350 g/mol. The minimum absolute atomic E-state index is 0.0355. The van der Waals surface area contributed by atoms with Gasteiger partial charge in [0.2, 0.25) is 10.0 Å². The van der Waals surface area contributed by atoms with Crippen LogP contribution in [-0.4, -0.2) is 25.5 Å². The van der Waals surface area contributed by atoms with Crippen LogP contribution in [0.1, 0.15) is 37.0 Å². The largest absolute Gasteiger partial charge is 0.478 e. The van der Waals surface area contributed by atoms with Gasteiger partial charge in [0.1, 0.15) is 0 Å². The Labute approximate surface area is 121 Å². The molecule has 0 aliphatic rings. The Morgan fingerprint density at radius 3 is 2.37 bits per heavy atom. The summed E-state index contributed by atoms with van der Waals surface area (Å²) >= 11 is 3.10. The van der Waals surface area contributed by atoms with Crippen LogP contribution in [0.5, 0.6) is 0 Å². The smallest absolute Gasteiger partial charge is 0.335 e. The van der Waals surface area contributed by atoms with Crippen molar-refractivity contribution in [3.05, 3.63) is 28.2 Å². The first-order chi connectivity index (χ1) is 8.81. The zero-order chi connectivity index (χ0) is 14.6. The summed E-state index contributed by atoms with van der Waals surface area (Å²) in [6.45, 7) is 3.80. The summed E-state index contributed by atoms with van der Waals surface area (Å²) in [5.74, 6) is -1.10. The molecule has 7 heteroatoms. The summed E-state index contributed by atoms with van der Waals surface area (Å²) in [7, 11) is -3.65. The first-order valence-corrected chi connectivity index (χ1v) is 8.14. The van der Waals surface area contributed by atoms with Crippen LogP contribution in [-0.2, 0) is 10.0 Å². The molecule has 0 atom stereocenters. The van der Waals surface area contributed by atoms with Gasteiger partial charge in [-0.3, -0.25) is 0 Å². The van der Waals surface area contributed by atoms with Crippen LogP contribution in [0.2, 0.25) is 0 Å². The number of halogens is 1. The minimum Gasteiger partial charge on any atom is -0.478 e. The van der Waals surface area contributed by atoms with Crippen molar-refractivity contribution >= 4 is 31.9 Å². The molecule has 0 fully saturated rings. The van der Waals surface area contributed by atoms with Gasteiger partial charge in [-0.05, 0) is 47.0 Å². The monoisotopic (exact) mass is 349 g/mol. The molecule has 1 aromatic rings. The summed E-state index contributed by atoms with van der Waals surface area (Å²) in [5.41, 5.74) is 0.0355. The molecule has 0 saturated heterocycles. The van der Waals surface area contributed by atoms with E-state index in [2.05, 4.69) is 20.7 Å². The molecule has 19 heavy (non-hydrogen) atoms. The summed E-state index contributed by atoms with van der Waals surface area (Å²) in [6.07, 6.45) is 1.39. The highest BCUT2D eigenvalue weighted by Gasteiger charge is 2.21. The molecule has 0 aromatic heterocycles. The number of rotatable bonds is 6. The van der Waals surface area contributed by atoms with Crippen molar-refractivity contribution in [3.63, 3.8) is 0 Å². The van der Waals surface area contributed by atoms with E-state index in [4.69, 9.17) is 5.11 Å². The fourth-order valence-corrected chi connectivity index (χ4v) is 4.07. The lowest BCUT2D eigenvalue weighted by Crippen LogP contribution is -2.34. The van der Waals surface area contributed by atoms with Crippen LogP contribution >= 0.6 is 15.9 Å². The van der Waals surface area contributed by atoms with Crippen LogP contribution in [0.15, 0.2) is 27.6 Å². The predicted octanol–water partition coefficient (Wildman–Crippen LogP) is 2.61. The molecule has 0 unspecified atom stereocenters. The van der Waals surface area contributed by atoms with E-state index in [9.17, 15) is 13.2 Å². The van der Waals surface area contributed by atoms with Crippen molar-refractivity contribution in [1.82, 2.24) is 4.72 Å². The molecule has 0 bridgehead atoms. The minimum atomic E-state index is -3.65. The van der Waals surface area contributed by atoms with Gasteiger partial charge in [0.05, 0.1) is 10.5 Å². The Hall–Kier alpha value is -0.920. The van der Waals surface area contributed by atoms with E-state index < -0.39 is 16.0 Å². The molecule has 0 saturated carbocycles. The topological polar surface area (TPSA) is 83.5 Å². The lowest BCUT2D eigenvalue weighted by Gasteiger charge is -2.16. The number of hydrogen-bond donors (Lipinski definition) is 2. The maximum Gasteiger partial charge on any atom is 0.335 e. The van der Waals surface area contributed by atoms with E-state index >= 15 is 0 Å². The van der Waals surface area contributed by atoms with Gasteiger partial charge >= 0.3 is 5.97 Å². The lowest BCUT2D eigenvalue weighted by atomic mass is 10.2. The normalized spacial score (nSPS) is 11.8. The van der Waals surface area contributed by atoms with Gasteiger partial charge in [0, 0.05) is 10.5 Å². The molecule has 106 valence electrons. The van der Waals surface area contributed by atoms with Gasteiger partial charge in [-0.1, -0.05) is 13.8 Å². The average Bonchev–Trinajstić information content (AvgIpc) is 2.35. The Bertz CT molecular complexity index is 567. The molecular formula is C12H16BrNO4S. The third-order valence-electron chi connectivity index (χ3n) is 2.78. The van der Waals surface area contributed by atoms with Gasteiger partial charge in [0.25, 0.3) is 0 Å². The number of hydrogen-bond acceptors (Lipinski definition) is 3. The SMILES string of the molecule is CCC(CC)NS(=O)(=O)c1ccc(C(=O)O)cc1Br. The molecule has 0 amide bonds. The van der Waals surface area contributed by atoms with Crippen molar-refractivity contribution < 1.29 is 18.3 Å². The molecule has 5 nitrogen and oxygen atoms in total. The highest BCUT2D eigenvalue weighted by Crippen LogP contribution is 2.23. The number of carboxylic acids is 1. The molecule has 0 aliphatic carbocycles. The first kappa shape index (κ1) is 16.1. The summed E-state index contributed by atoms with van der Waals surface area (Å²) < 4.78 is 27.2. The second-order valence-electron chi connectivity index (χ2n) is 4.09. The van der Waals surface area contributed by atoms with Crippen LogP contribution in [0.3, 0.4) is 0 Å². The molecule has 1 rings (SSSR count). The van der Waals surface area contributed by atoms with E-state index in [0.29, 0.717) is 12.8 Å². The number of aromatic carboxylic acids is 1. The Balaban J connectivity index is 3.12. The van der Waals surface area contributed by atoms with Gasteiger partial charge in [0.15, 0.2) is 0 Å². The number of carbonyl (C=O) groups is 1. The summed E-state index contributed by atoms with van der Waals surface area (Å²) in [4.78, 5) is 10.8. The van der Waals surface area contributed by atoms with Gasteiger partial charge in [-0.2, -0.15) is 0 Å². The Morgan fingerprint density at radius 2 is 1.95 bits per heavy atom. The molecular weight excluding hydrogens is 334 g/mol. The van der Waals surface area contributed by atoms with Crippen LogP contribution in [0, 0.1) is 0 Å². The van der Waals surface area contributed by atoms with Gasteiger partial charge in [-0.15, -0.1) is 0 Å². The van der Waals surface area contributed by atoms with Gasteiger partial charge in [-0.25, -0.2) is 17.9 Å². The zero-order valence-corrected chi connectivity index (χ0v) is 13.1. The van der Waals surface area contributed by atoms with Crippen LogP contribution in [0.25, 0.3) is 0 Å². The molecule has 0 aliphatic heterocycles. The zero-order valence-electron chi connectivity index (χ0n) is 10.7. The summed E-state index contributed by atoms with van der Waals surface area (Å²) in [5, 5.41) is 8.84. The fraction of sp³-hybridized carbons (Fsp3) is 0.417. The van der Waals surface area contributed by atoms with E-state index in [-0.39, 0.29) is 21.0 Å². The first-order valence-electron chi connectivity index (χ1n) is 5.87. The third kappa shape index (κ3) is 4.02. The van der Waals surface area contributed by atoms with Gasteiger partial charge < -0.3 is 5.11 Å². The molecule has 0 radical (unpaired) electrons. The van der Waals surface area contributed by atoms with Crippen molar-refractivity contribution in [3.8, 4) is 0 Å². The molecule has 0 spiro atoms. The molecule has 1 aromatic carbocycles. The van der Waals surface area contributed by atoms with Crippen molar-refractivity contribution in [2.75, 3.05) is 0 Å². The molecule has 2 N–H and O–H groups in total. The predicted molar refractivity (Wildman–Crippen MR) is 75.8 cm³/mol. The van der Waals surface area contributed by atoms with Crippen molar-refractivity contribution in [2.45, 2.75) is 37.6 Å². The second-order valence-corrected chi connectivity index (χ2v) is 6.62. The van der Waals surface area contributed by atoms with Crippen LogP contribution < -0.4 is 4.72 Å². The van der Waals surface area contributed by atoms with E-state index in [1.54, 1.807) is 0 Å². The fourth-order valence-electron chi connectivity index (χ4n) is 1.59. The highest BCUT2D eigenvalue weighted by molar-refractivity contribution is 9.10. The Morgan fingerprint density at radius 1 is 1.37 bits per heavy atom. The number of sulfonamides is 1. The lowest BCUT2D eigenvalue weighted by molar-refractivity contribution is 0.0696.